The maximum atomic E-state index is 13.3. The van der Waals surface area contributed by atoms with E-state index >= 15 is 0 Å². The van der Waals surface area contributed by atoms with E-state index in [1.165, 1.54) is 6.33 Å². The Balaban J connectivity index is 1.77. The Morgan fingerprint density at radius 3 is 2.83 bits per heavy atom. The zero-order valence-electron chi connectivity index (χ0n) is 16.3. The van der Waals surface area contributed by atoms with Crippen molar-refractivity contribution in [3.8, 4) is 5.75 Å². The number of amides is 1. The summed E-state index contributed by atoms with van der Waals surface area (Å²) in [4.78, 5) is 17.6. The number of benzene rings is 2. The first kappa shape index (κ1) is 19.7. The number of rotatable bonds is 6. The van der Waals surface area contributed by atoms with Crippen LogP contribution in [-0.2, 0) is 4.79 Å². The van der Waals surface area contributed by atoms with Crippen LogP contribution < -0.4 is 15.4 Å². The lowest BCUT2D eigenvalue weighted by Crippen LogP contribution is -2.31. The zero-order chi connectivity index (χ0) is 21.1. The summed E-state index contributed by atoms with van der Waals surface area (Å²) in [6.45, 7) is 5.90. The normalized spacial score (nSPS) is 15.2. The fraction of sp³-hybridized carbons (Fsp3) is 0.136. The van der Waals surface area contributed by atoms with Crippen molar-refractivity contribution in [1.29, 1.82) is 0 Å². The van der Waals surface area contributed by atoms with Crippen LogP contribution in [0, 0.1) is 0 Å². The second-order valence-corrected chi connectivity index (χ2v) is 7.13. The third-order valence-corrected chi connectivity index (χ3v) is 4.96. The number of aromatic nitrogens is 3. The first-order chi connectivity index (χ1) is 14.6. The second kappa shape index (κ2) is 8.42. The Kier molecular flexibility index (Phi) is 5.54. The molecule has 0 saturated carbocycles. The van der Waals surface area contributed by atoms with Crippen molar-refractivity contribution in [2.75, 3.05) is 17.2 Å². The molecule has 0 bridgehead atoms. The van der Waals surface area contributed by atoms with Gasteiger partial charge in [-0.25, -0.2) is 4.68 Å². The first-order valence-corrected chi connectivity index (χ1v) is 9.73. The van der Waals surface area contributed by atoms with Crippen LogP contribution in [-0.4, -0.2) is 27.3 Å². The summed E-state index contributed by atoms with van der Waals surface area (Å²) in [7, 11) is 0. The summed E-state index contributed by atoms with van der Waals surface area (Å²) < 4.78 is 7.54. The van der Waals surface area contributed by atoms with Crippen LogP contribution in [0.15, 0.2) is 78.8 Å². The molecule has 2 heterocycles. The molecule has 1 aliphatic heterocycles. The summed E-state index contributed by atoms with van der Waals surface area (Å²) in [5.41, 5.74) is 2.64. The van der Waals surface area contributed by atoms with E-state index in [1.54, 1.807) is 35.0 Å². The highest BCUT2D eigenvalue weighted by atomic mass is 35.5. The Morgan fingerprint density at radius 2 is 2.07 bits per heavy atom. The fourth-order valence-corrected chi connectivity index (χ4v) is 3.52. The van der Waals surface area contributed by atoms with Gasteiger partial charge in [0.1, 0.15) is 24.7 Å². The van der Waals surface area contributed by atoms with Gasteiger partial charge in [-0.2, -0.15) is 10.1 Å². The molecule has 1 atom stereocenters. The van der Waals surface area contributed by atoms with Crippen molar-refractivity contribution in [2.24, 2.45) is 0 Å². The standard InChI is InChI=1S/C22H20ClN5O2/c1-3-12-30-18-7-5-4-6-17(18)20-19(14(2)26-22-24-13-25-28(20)22)21(29)27-16-10-8-15(23)9-11-16/h3-11,13,20H,1,12H2,2H3,(H,27,29)(H,24,25,26)/t20-/m1/s1. The highest BCUT2D eigenvalue weighted by Crippen LogP contribution is 2.39. The minimum absolute atomic E-state index is 0.257. The number of ether oxygens (including phenoxy) is 1. The SMILES string of the molecule is C=CCOc1ccccc1[C@@H]1C(C(=O)Nc2ccc(Cl)cc2)=C(C)Nc2ncnn21. The minimum atomic E-state index is -0.517. The number of nitrogens with zero attached hydrogens (tertiary/aromatic N) is 3. The number of hydrogen-bond donors (Lipinski definition) is 2. The Hall–Kier alpha value is -3.58. The summed E-state index contributed by atoms with van der Waals surface area (Å²) in [5.74, 6) is 0.946. The molecule has 2 N–H and O–H groups in total. The van der Waals surface area contributed by atoms with Gasteiger partial charge >= 0.3 is 0 Å². The molecule has 152 valence electrons. The van der Waals surface area contributed by atoms with Crippen molar-refractivity contribution in [2.45, 2.75) is 13.0 Å². The van der Waals surface area contributed by atoms with E-state index in [4.69, 9.17) is 16.3 Å². The molecule has 0 saturated heterocycles. The summed E-state index contributed by atoms with van der Waals surface area (Å²) in [6.07, 6.45) is 3.13. The average molecular weight is 422 g/mol. The van der Waals surface area contributed by atoms with Gasteiger partial charge in [-0.15, -0.1) is 0 Å². The van der Waals surface area contributed by atoms with Gasteiger partial charge in [-0.05, 0) is 37.3 Å². The maximum Gasteiger partial charge on any atom is 0.255 e. The zero-order valence-corrected chi connectivity index (χ0v) is 17.1. The topological polar surface area (TPSA) is 81.1 Å². The second-order valence-electron chi connectivity index (χ2n) is 6.69. The number of allylic oxidation sites excluding steroid dienone is 1. The molecule has 7 nitrogen and oxygen atoms in total. The van der Waals surface area contributed by atoms with Crippen LogP contribution in [0.4, 0.5) is 11.6 Å². The van der Waals surface area contributed by atoms with Crippen molar-refractivity contribution >= 4 is 29.1 Å². The highest BCUT2D eigenvalue weighted by Gasteiger charge is 2.35. The molecule has 0 fully saturated rings. The van der Waals surface area contributed by atoms with Gasteiger partial charge in [0.2, 0.25) is 5.95 Å². The molecule has 1 aliphatic rings. The van der Waals surface area contributed by atoms with Crippen LogP contribution in [0.5, 0.6) is 5.75 Å². The predicted octanol–water partition coefficient (Wildman–Crippen LogP) is 4.42. The average Bonchev–Trinajstić information content (AvgIpc) is 3.21. The van der Waals surface area contributed by atoms with Gasteiger partial charge in [0.15, 0.2) is 0 Å². The molecule has 0 radical (unpaired) electrons. The summed E-state index contributed by atoms with van der Waals surface area (Å²) in [5, 5.41) is 11.1. The number of carbonyl (C=O) groups is 1. The molecule has 8 heteroatoms. The lowest BCUT2D eigenvalue weighted by atomic mass is 9.94. The monoisotopic (exact) mass is 421 g/mol. The molecule has 0 unspecified atom stereocenters. The fourth-order valence-electron chi connectivity index (χ4n) is 3.39. The van der Waals surface area contributed by atoms with Crippen LogP contribution in [0.3, 0.4) is 0 Å². The van der Waals surface area contributed by atoms with E-state index < -0.39 is 6.04 Å². The Labute approximate surface area is 179 Å². The lowest BCUT2D eigenvalue weighted by Gasteiger charge is -2.29. The molecule has 1 aromatic heterocycles. The van der Waals surface area contributed by atoms with Crippen LogP contribution in [0.2, 0.25) is 5.02 Å². The van der Waals surface area contributed by atoms with Gasteiger partial charge in [-0.1, -0.05) is 42.5 Å². The highest BCUT2D eigenvalue weighted by molar-refractivity contribution is 6.30. The smallest absolute Gasteiger partial charge is 0.255 e. The first-order valence-electron chi connectivity index (χ1n) is 9.35. The minimum Gasteiger partial charge on any atom is -0.489 e. The molecule has 0 spiro atoms. The molecule has 3 aromatic rings. The van der Waals surface area contributed by atoms with E-state index in [2.05, 4.69) is 27.3 Å². The number of anilines is 2. The molecular weight excluding hydrogens is 402 g/mol. The predicted molar refractivity (Wildman–Crippen MR) is 117 cm³/mol. The Bertz CT molecular complexity index is 1120. The molecular formula is C22H20ClN5O2. The van der Waals surface area contributed by atoms with E-state index in [0.717, 1.165) is 5.56 Å². The van der Waals surface area contributed by atoms with Gasteiger partial charge < -0.3 is 15.4 Å². The third-order valence-electron chi connectivity index (χ3n) is 4.71. The number of nitrogens with one attached hydrogen (secondary N) is 2. The summed E-state index contributed by atoms with van der Waals surface area (Å²) >= 11 is 5.95. The molecule has 4 rings (SSSR count). The van der Waals surface area contributed by atoms with Gasteiger partial charge in [-0.3, -0.25) is 4.79 Å². The van der Waals surface area contributed by atoms with Gasteiger partial charge in [0.25, 0.3) is 5.91 Å². The van der Waals surface area contributed by atoms with Crippen molar-refractivity contribution in [3.05, 3.63) is 89.4 Å². The van der Waals surface area contributed by atoms with Crippen molar-refractivity contribution in [1.82, 2.24) is 14.8 Å². The number of hydrogen-bond acceptors (Lipinski definition) is 5. The third kappa shape index (κ3) is 3.79. The molecule has 30 heavy (non-hydrogen) atoms. The van der Waals surface area contributed by atoms with E-state index in [0.29, 0.717) is 40.3 Å². The van der Waals surface area contributed by atoms with E-state index in [1.807, 2.05) is 31.2 Å². The molecule has 2 aromatic carbocycles. The largest absolute Gasteiger partial charge is 0.489 e. The van der Waals surface area contributed by atoms with E-state index in [9.17, 15) is 4.79 Å². The molecule has 0 aliphatic carbocycles. The maximum absolute atomic E-state index is 13.3. The van der Waals surface area contributed by atoms with Crippen LogP contribution in [0.25, 0.3) is 0 Å². The van der Waals surface area contributed by atoms with Gasteiger partial charge in [0.05, 0.1) is 5.57 Å². The van der Waals surface area contributed by atoms with Crippen molar-refractivity contribution < 1.29 is 9.53 Å². The number of halogens is 1. The number of carbonyl (C=O) groups excluding carboxylic acids is 1. The van der Waals surface area contributed by atoms with Crippen molar-refractivity contribution in [3.63, 3.8) is 0 Å². The summed E-state index contributed by atoms with van der Waals surface area (Å²) in [6, 6.07) is 14.0. The lowest BCUT2D eigenvalue weighted by molar-refractivity contribution is -0.113. The number of fused-ring (bicyclic) bond motifs is 1. The molecule has 1 amide bonds. The van der Waals surface area contributed by atoms with Gasteiger partial charge in [0, 0.05) is 22.0 Å². The van der Waals surface area contributed by atoms with Crippen LogP contribution in [0.1, 0.15) is 18.5 Å². The quantitative estimate of drug-likeness (QED) is 0.575. The Morgan fingerprint density at radius 1 is 1.30 bits per heavy atom. The number of para-hydroxylation sites is 1. The van der Waals surface area contributed by atoms with E-state index in [-0.39, 0.29) is 5.91 Å². The van der Waals surface area contributed by atoms with Crippen LogP contribution >= 0.6 is 11.6 Å².